The van der Waals surface area contributed by atoms with Crippen LogP contribution in [-0.2, 0) is 0 Å². The number of hydrogen-bond donors (Lipinski definition) is 1. The summed E-state index contributed by atoms with van der Waals surface area (Å²) in [6, 6.07) is 1.57. The van der Waals surface area contributed by atoms with E-state index < -0.39 is 0 Å². The van der Waals surface area contributed by atoms with Crippen LogP contribution in [0.25, 0.3) is 0 Å². The molecular weight excluding hydrogens is 220 g/mol. The highest BCUT2D eigenvalue weighted by Gasteiger charge is 2.61. The molecule has 1 N–H and O–H groups in total. The van der Waals surface area contributed by atoms with E-state index in [1.54, 1.807) is 0 Å². The van der Waals surface area contributed by atoms with E-state index in [-0.39, 0.29) is 0 Å². The zero-order valence-corrected chi connectivity index (χ0v) is 12.6. The third kappa shape index (κ3) is 1.76. The predicted octanol–water partition coefficient (Wildman–Crippen LogP) is 2.89. The van der Waals surface area contributed by atoms with Crippen LogP contribution in [0.5, 0.6) is 0 Å². The first-order valence-corrected chi connectivity index (χ1v) is 7.95. The first-order chi connectivity index (χ1) is 8.47. The van der Waals surface area contributed by atoms with Crippen molar-refractivity contribution in [3.63, 3.8) is 0 Å². The average Bonchev–Trinajstić information content (AvgIpc) is 2.90. The lowest BCUT2D eigenvalue weighted by molar-refractivity contribution is 0.0169. The summed E-state index contributed by atoms with van der Waals surface area (Å²) in [5.74, 6) is 0.977. The molecule has 0 aromatic carbocycles. The topological polar surface area (TPSA) is 15.3 Å². The van der Waals surface area contributed by atoms with Gasteiger partial charge in [0.05, 0.1) is 0 Å². The Bertz CT molecular complexity index is 320. The van der Waals surface area contributed by atoms with Crippen LogP contribution in [0.4, 0.5) is 0 Å². The van der Waals surface area contributed by atoms with E-state index in [9.17, 15) is 0 Å². The predicted molar refractivity (Wildman–Crippen MR) is 76.7 cm³/mol. The highest BCUT2D eigenvalue weighted by atomic mass is 15.2. The van der Waals surface area contributed by atoms with Gasteiger partial charge in [-0.05, 0) is 49.0 Å². The van der Waals surface area contributed by atoms with Gasteiger partial charge in [-0.25, -0.2) is 0 Å². The van der Waals surface area contributed by atoms with E-state index in [2.05, 4.69) is 37.9 Å². The normalized spacial score (nSPS) is 47.0. The molecular formula is C16H30N2. The monoisotopic (exact) mass is 250 g/mol. The minimum atomic E-state index is 0.536. The highest BCUT2D eigenvalue weighted by Crippen LogP contribution is 2.64. The first kappa shape index (κ1) is 12.9. The van der Waals surface area contributed by atoms with Gasteiger partial charge < -0.3 is 5.32 Å². The van der Waals surface area contributed by atoms with Gasteiger partial charge in [0.1, 0.15) is 0 Å². The number of hydrogen-bond acceptors (Lipinski definition) is 2. The summed E-state index contributed by atoms with van der Waals surface area (Å²) >= 11 is 0. The number of rotatable bonds is 3. The molecule has 0 spiro atoms. The fourth-order valence-electron chi connectivity index (χ4n) is 5.66. The van der Waals surface area contributed by atoms with Crippen LogP contribution < -0.4 is 5.32 Å². The second-order valence-corrected chi connectivity index (χ2v) is 7.86. The van der Waals surface area contributed by atoms with Gasteiger partial charge in [0.25, 0.3) is 0 Å². The van der Waals surface area contributed by atoms with Crippen molar-refractivity contribution < 1.29 is 0 Å². The first-order valence-electron chi connectivity index (χ1n) is 7.95. The van der Waals surface area contributed by atoms with E-state index in [0.717, 1.165) is 24.5 Å². The van der Waals surface area contributed by atoms with Gasteiger partial charge in [0, 0.05) is 25.2 Å². The van der Waals surface area contributed by atoms with Crippen LogP contribution in [0.2, 0.25) is 0 Å². The number of nitrogens with zero attached hydrogens (tertiary/aromatic N) is 1. The van der Waals surface area contributed by atoms with Gasteiger partial charge in [-0.15, -0.1) is 0 Å². The van der Waals surface area contributed by atoms with Crippen LogP contribution in [-0.4, -0.2) is 36.6 Å². The Labute approximate surface area is 113 Å². The molecule has 0 aromatic heterocycles. The molecule has 2 saturated carbocycles. The van der Waals surface area contributed by atoms with Crippen molar-refractivity contribution in [2.75, 3.05) is 19.6 Å². The Morgan fingerprint density at radius 1 is 1.22 bits per heavy atom. The smallest absolute Gasteiger partial charge is 0.0207 e. The van der Waals surface area contributed by atoms with E-state index in [4.69, 9.17) is 0 Å². The third-order valence-corrected chi connectivity index (χ3v) is 6.27. The summed E-state index contributed by atoms with van der Waals surface area (Å²) in [5.41, 5.74) is 1.14. The molecule has 2 aliphatic carbocycles. The van der Waals surface area contributed by atoms with Gasteiger partial charge >= 0.3 is 0 Å². The van der Waals surface area contributed by atoms with Crippen LogP contribution in [0.3, 0.4) is 0 Å². The van der Waals surface area contributed by atoms with Crippen molar-refractivity contribution in [2.45, 2.75) is 65.5 Å². The van der Waals surface area contributed by atoms with Crippen LogP contribution >= 0.6 is 0 Å². The summed E-state index contributed by atoms with van der Waals surface area (Å²) in [4.78, 5) is 2.83. The number of likely N-dealkylation sites (tertiary alicyclic amines) is 1. The summed E-state index contributed by atoms with van der Waals surface area (Å²) in [5, 5.41) is 3.64. The van der Waals surface area contributed by atoms with Crippen molar-refractivity contribution in [1.29, 1.82) is 0 Å². The molecule has 1 aliphatic heterocycles. The number of likely N-dealkylation sites (N-methyl/N-ethyl adjacent to an activating group) is 1. The molecule has 2 heteroatoms. The van der Waals surface area contributed by atoms with Crippen molar-refractivity contribution in [1.82, 2.24) is 10.2 Å². The van der Waals surface area contributed by atoms with E-state index in [1.807, 2.05) is 0 Å². The van der Waals surface area contributed by atoms with Gasteiger partial charge in [-0.2, -0.15) is 0 Å². The Hall–Kier alpha value is -0.0800. The summed E-state index contributed by atoms with van der Waals surface area (Å²) in [7, 11) is 0. The molecule has 3 rings (SSSR count). The Kier molecular flexibility index (Phi) is 3.02. The molecule has 0 amide bonds. The van der Waals surface area contributed by atoms with Crippen molar-refractivity contribution in [3.8, 4) is 0 Å². The standard InChI is InChI=1S/C16H30N2/c1-5-17-13-7-9-18(11-13)14-15(2,3)12-6-8-16(14,4)10-12/h12-14,17H,5-11H2,1-4H3. The van der Waals surface area contributed by atoms with Crippen molar-refractivity contribution >= 4 is 0 Å². The largest absolute Gasteiger partial charge is 0.313 e. The number of fused-ring (bicyclic) bond motifs is 2. The van der Waals surface area contributed by atoms with Gasteiger partial charge in [0.15, 0.2) is 0 Å². The lowest BCUT2D eigenvalue weighted by Crippen LogP contribution is -2.52. The molecule has 2 nitrogen and oxygen atoms in total. The maximum Gasteiger partial charge on any atom is 0.0207 e. The highest BCUT2D eigenvalue weighted by molar-refractivity contribution is 5.13. The molecule has 1 saturated heterocycles. The van der Waals surface area contributed by atoms with Crippen LogP contribution in [0.15, 0.2) is 0 Å². The SMILES string of the molecule is CCNC1CCN(C2C3(C)CCC(C3)C2(C)C)C1. The Morgan fingerprint density at radius 3 is 2.61 bits per heavy atom. The van der Waals surface area contributed by atoms with Crippen LogP contribution in [0, 0.1) is 16.7 Å². The zero-order chi connectivity index (χ0) is 13.0. The molecule has 1 heterocycles. The molecule has 4 atom stereocenters. The molecule has 3 aliphatic rings. The second-order valence-electron chi connectivity index (χ2n) is 7.86. The molecule has 0 radical (unpaired) electrons. The molecule has 104 valence electrons. The Morgan fingerprint density at radius 2 is 2.00 bits per heavy atom. The van der Waals surface area contributed by atoms with Gasteiger partial charge in [-0.1, -0.05) is 27.7 Å². The fraction of sp³-hybridized carbons (Fsp3) is 1.00. The van der Waals surface area contributed by atoms with Gasteiger partial charge in [0.2, 0.25) is 0 Å². The molecule has 3 fully saturated rings. The maximum atomic E-state index is 3.64. The average molecular weight is 250 g/mol. The van der Waals surface area contributed by atoms with E-state index in [0.29, 0.717) is 10.8 Å². The van der Waals surface area contributed by atoms with Gasteiger partial charge in [-0.3, -0.25) is 4.90 Å². The summed E-state index contributed by atoms with van der Waals surface area (Å²) in [6.07, 6.45) is 5.77. The Balaban J connectivity index is 1.76. The number of nitrogens with one attached hydrogen (secondary N) is 1. The summed E-state index contributed by atoms with van der Waals surface area (Å²) in [6.45, 7) is 13.6. The maximum absolute atomic E-state index is 3.64. The van der Waals surface area contributed by atoms with E-state index in [1.165, 1.54) is 38.8 Å². The molecule has 2 bridgehead atoms. The van der Waals surface area contributed by atoms with Crippen molar-refractivity contribution in [2.24, 2.45) is 16.7 Å². The minimum Gasteiger partial charge on any atom is -0.313 e. The quantitative estimate of drug-likeness (QED) is 0.828. The lowest BCUT2D eigenvalue weighted by Gasteiger charge is -2.48. The molecule has 18 heavy (non-hydrogen) atoms. The van der Waals surface area contributed by atoms with Crippen molar-refractivity contribution in [3.05, 3.63) is 0 Å². The van der Waals surface area contributed by atoms with Crippen LogP contribution in [0.1, 0.15) is 53.4 Å². The fourth-order valence-corrected chi connectivity index (χ4v) is 5.66. The second kappa shape index (κ2) is 4.21. The minimum absolute atomic E-state index is 0.536. The lowest BCUT2D eigenvalue weighted by atomic mass is 9.68. The zero-order valence-electron chi connectivity index (χ0n) is 12.6. The third-order valence-electron chi connectivity index (χ3n) is 6.27. The molecule has 4 unspecified atom stereocenters. The molecule has 0 aromatic rings. The summed E-state index contributed by atoms with van der Waals surface area (Å²) < 4.78 is 0. The van der Waals surface area contributed by atoms with E-state index >= 15 is 0 Å².